The van der Waals surface area contributed by atoms with Gasteiger partial charge in [0, 0.05) is 56.6 Å². The molecule has 1 unspecified atom stereocenters. The van der Waals surface area contributed by atoms with Gasteiger partial charge in [0.25, 0.3) is 0 Å². The third kappa shape index (κ3) is 6.54. The molecule has 1 amide bonds. The van der Waals surface area contributed by atoms with Crippen molar-refractivity contribution in [1.82, 2.24) is 4.90 Å². The van der Waals surface area contributed by atoms with Crippen molar-refractivity contribution in [2.45, 2.75) is 26.3 Å². The zero-order chi connectivity index (χ0) is 20.6. The number of ether oxygens (including phenoxy) is 2. The van der Waals surface area contributed by atoms with E-state index in [9.17, 15) is 4.79 Å². The molecule has 1 heterocycles. The Hall–Kier alpha value is -2.44. The normalized spacial score (nSPS) is 15.1. The van der Waals surface area contributed by atoms with Crippen LogP contribution >= 0.6 is 12.4 Å². The zero-order valence-electron chi connectivity index (χ0n) is 18.0. The smallest absolute Gasteiger partial charge is 0.221 e. The number of amides is 1. The van der Waals surface area contributed by atoms with Gasteiger partial charge in [-0.1, -0.05) is 18.2 Å². The molecule has 0 aromatic heterocycles. The maximum Gasteiger partial charge on any atom is 0.221 e. The summed E-state index contributed by atoms with van der Waals surface area (Å²) < 4.78 is 11.4. The van der Waals surface area contributed by atoms with Gasteiger partial charge in [0.1, 0.15) is 0 Å². The number of carbonyl (C=O) groups excluding carboxylic acids is 1. The van der Waals surface area contributed by atoms with Crippen molar-refractivity contribution >= 4 is 29.7 Å². The Labute approximate surface area is 185 Å². The molecule has 30 heavy (non-hydrogen) atoms. The highest BCUT2D eigenvalue weighted by Gasteiger charge is 2.21. The molecule has 1 aliphatic rings. The van der Waals surface area contributed by atoms with Gasteiger partial charge in [-0.15, -0.1) is 12.4 Å². The van der Waals surface area contributed by atoms with E-state index in [2.05, 4.69) is 52.4 Å². The Morgan fingerprint density at radius 2 is 1.77 bits per heavy atom. The third-order valence-corrected chi connectivity index (χ3v) is 5.34. The van der Waals surface area contributed by atoms with Gasteiger partial charge in [0.05, 0.1) is 13.7 Å². The van der Waals surface area contributed by atoms with Crippen molar-refractivity contribution in [3.63, 3.8) is 0 Å². The molecule has 0 spiro atoms. The lowest BCUT2D eigenvalue weighted by Gasteiger charge is -2.39. The molecule has 0 radical (unpaired) electrons. The number of methoxy groups -OCH3 is 1. The lowest BCUT2D eigenvalue weighted by Crippen LogP contribution is -2.49. The quantitative estimate of drug-likeness (QED) is 0.680. The molecular weight excluding hydrogens is 402 g/mol. The molecule has 0 aliphatic carbocycles. The van der Waals surface area contributed by atoms with E-state index in [0.717, 1.165) is 32.6 Å². The molecule has 164 valence electrons. The van der Waals surface area contributed by atoms with Gasteiger partial charge in [0.2, 0.25) is 5.91 Å². The molecule has 7 heteroatoms. The number of rotatable bonds is 8. The number of para-hydroxylation sites is 1. The van der Waals surface area contributed by atoms with Gasteiger partial charge in [-0.05, 0) is 37.6 Å². The second kappa shape index (κ2) is 11.7. The Morgan fingerprint density at radius 1 is 1.07 bits per heavy atom. The molecule has 2 aromatic carbocycles. The van der Waals surface area contributed by atoms with E-state index < -0.39 is 0 Å². The molecule has 1 fully saturated rings. The van der Waals surface area contributed by atoms with Crippen LogP contribution in [0.15, 0.2) is 48.5 Å². The summed E-state index contributed by atoms with van der Waals surface area (Å²) in [6, 6.07) is 16.5. The number of anilines is 2. The van der Waals surface area contributed by atoms with Crippen LogP contribution in [-0.4, -0.2) is 56.7 Å². The minimum Gasteiger partial charge on any atom is -0.493 e. The molecule has 0 bridgehead atoms. The van der Waals surface area contributed by atoms with Gasteiger partial charge in [-0.25, -0.2) is 0 Å². The molecule has 0 saturated carbocycles. The highest BCUT2D eigenvalue weighted by Crippen LogP contribution is 2.30. The number of hydrogen-bond acceptors (Lipinski definition) is 5. The Balaban J connectivity index is 0.00000320. The maximum atomic E-state index is 11.2. The van der Waals surface area contributed by atoms with Gasteiger partial charge >= 0.3 is 0 Å². The van der Waals surface area contributed by atoms with E-state index in [1.807, 2.05) is 12.1 Å². The standard InChI is InChI=1S/C23H31N3O3.ClH/c1-18(25-12-14-26(15-13-25)21-7-5-4-6-8-21)11-16-29-22-10-9-20(24-19(2)27)17-23(22)28-3;/h4-10,17-18H,11-16H2,1-3H3,(H,24,27);1H. The van der Waals surface area contributed by atoms with Crippen LogP contribution < -0.4 is 19.7 Å². The monoisotopic (exact) mass is 433 g/mol. The molecular formula is C23H32ClN3O3. The summed E-state index contributed by atoms with van der Waals surface area (Å²) in [6.07, 6.45) is 0.946. The van der Waals surface area contributed by atoms with E-state index in [-0.39, 0.29) is 18.3 Å². The number of nitrogens with zero attached hydrogens (tertiary/aromatic N) is 2. The van der Waals surface area contributed by atoms with Crippen LogP contribution in [0.1, 0.15) is 20.3 Å². The average Bonchev–Trinajstić information content (AvgIpc) is 2.75. The van der Waals surface area contributed by atoms with Crippen LogP contribution in [0.2, 0.25) is 0 Å². The van der Waals surface area contributed by atoms with Crippen molar-refractivity contribution in [1.29, 1.82) is 0 Å². The summed E-state index contributed by atoms with van der Waals surface area (Å²) in [5, 5.41) is 2.75. The average molecular weight is 434 g/mol. The van der Waals surface area contributed by atoms with E-state index >= 15 is 0 Å². The fraction of sp³-hybridized carbons (Fsp3) is 0.435. The molecule has 6 nitrogen and oxygen atoms in total. The summed E-state index contributed by atoms with van der Waals surface area (Å²) in [4.78, 5) is 16.2. The van der Waals surface area contributed by atoms with E-state index in [4.69, 9.17) is 9.47 Å². The number of hydrogen-bond donors (Lipinski definition) is 1. The first kappa shape index (κ1) is 23.8. The van der Waals surface area contributed by atoms with Crippen LogP contribution in [-0.2, 0) is 4.79 Å². The highest BCUT2D eigenvalue weighted by molar-refractivity contribution is 5.89. The van der Waals surface area contributed by atoms with E-state index in [0.29, 0.717) is 29.8 Å². The van der Waals surface area contributed by atoms with Crippen LogP contribution in [0.25, 0.3) is 0 Å². The Kier molecular flexibility index (Phi) is 9.27. The minimum atomic E-state index is -0.109. The second-order valence-electron chi connectivity index (χ2n) is 7.39. The highest BCUT2D eigenvalue weighted by atomic mass is 35.5. The SMILES string of the molecule is COc1cc(NC(C)=O)ccc1OCCC(C)N1CCN(c2ccccc2)CC1.Cl. The summed E-state index contributed by atoms with van der Waals surface area (Å²) in [7, 11) is 1.61. The van der Waals surface area contributed by atoms with Crippen LogP contribution in [0.5, 0.6) is 11.5 Å². The molecule has 2 aromatic rings. The largest absolute Gasteiger partial charge is 0.493 e. The maximum absolute atomic E-state index is 11.2. The van der Waals surface area contributed by atoms with Crippen molar-refractivity contribution in [2.75, 3.05) is 50.1 Å². The molecule has 1 N–H and O–H groups in total. The predicted molar refractivity (Wildman–Crippen MR) is 124 cm³/mol. The summed E-state index contributed by atoms with van der Waals surface area (Å²) in [5.41, 5.74) is 2.00. The van der Waals surface area contributed by atoms with Crippen molar-refractivity contribution in [3.8, 4) is 11.5 Å². The first-order valence-corrected chi connectivity index (χ1v) is 10.2. The van der Waals surface area contributed by atoms with Crippen LogP contribution in [0.3, 0.4) is 0 Å². The lowest BCUT2D eigenvalue weighted by molar-refractivity contribution is -0.114. The van der Waals surface area contributed by atoms with Gasteiger partial charge in [-0.3, -0.25) is 9.69 Å². The number of benzene rings is 2. The van der Waals surface area contributed by atoms with Crippen molar-refractivity contribution in [2.24, 2.45) is 0 Å². The summed E-state index contributed by atoms with van der Waals surface area (Å²) in [6.45, 7) is 8.59. The number of piperazine rings is 1. The summed E-state index contributed by atoms with van der Waals surface area (Å²) in [5.74, 6) is 1.21. The van der Waals surface area contributed by atoms with E-state index in [1.54, 1.807) is 13.2 Å². The van der Waals surface area contributed by atoms with Crippen molar-refractivity contribution in [3.05, 3.63) is 48.5 Å². The molecule has 1 saturated heterocycles. The summed E-state index contributed by atoms with van der Waals surface area (Å²) >= 11 is 0. The molecule has 3 rings (SSSR count). The zero-order valence-corrected chi connectivity index (χ0v) is 18.8. The van der Waals surface area contributed by atoms with Crippen LogP contribution in [0.4, 0.5) is 11.4 Å². The van der Waals surface area contributed by atoms with Gasteiger partial charge in [0.15, 0.2) is 11.5 Å². The topological polar surface area (TPSA) is 54.0 Å². The molecule has 1 atom stereocenters. The molecule has 1 aliphatic heterocycles. The lowest BCUT2D eigenvalue weighted by atomic mass is 10.1. The second-order valence-corrected chi connectivity index (χ2v) is 7.39. The minimum absolute atomic E-state index is 0. The van der Waals surface area contributed by atoms with Crippen molar-refractivity contribution < 1.29 is 14.3 Å². The predicted octanol–water partition coefficient (Wildman–Crippen LogP) is 4.06. The first-order chi connectivity index (χ1) is 14.1. The first-order valence-electron chi connectivity index (χ1n) is 10.2. The Bertz CT molecular complexity index is 796. The third-order valence-electron chi connectivity index (χ3n) is 5.34. The number of halogens is 1. The number of carbonyl (C=O) groups is 1. The van der Waals surface area contributed by atoms with Crippen LogP contribution in [0, 0.1) is 0 Å². The van der Waals surface area contributed by atoms with Gasteiger partial charge in [-0.2, -0.15) is 0 Å². The fourth-order valence-electron chi connectivity index (χ4n) is 3.65. The Morgan fingerprint density at radius 3 is 2.40 bits per heavy atom. The van der Waals surface area contributed by atoms with E-state index in [1.165, 1.54) is 12.6 Å². The fourth-order valence-corrected chi connectivity index (χ4v) is 3.65. The van der Waals surface area contributed by atoms with Gasteiger partial charge < -0.3 is 19.7 Å². The number of nitrogens with one attached hydrogen (secondary N) is 1.